The maximum Gasteiger partial charge on any atom is 0.251 e. The molecule has 0 unspecified atom stereocenters. The largest absolute Gasteiger partial charge is 0.390 e. The monoisotopic (exact) mass is 473 g/mol. The Labute approximate surface area is 205 Å². The van der Waals surface area contributed by atoms with E-state index in [1.165, 1.54) is 0 Å². The highest BCUT2D eigenvalue weighted by molar-refractivity contribution is 7.98. The van der Waals surface area contributed by atoms with Gasteiger partial charge in [0.15, 0.2) is 0 Å². The molecule has 4 rings (SSSR count). The fourth-order valence-electron chi connectivity index (χ4n) is 4.18. The van der Waals surface area contributed by atoms with Gasteiger partial charge in [-0.05, 0) is 59.7 Å². The number of nitrogens with zero attached hydrogens (tertiary/aromatic N) is 2. The Morgan fingerprint density at radius 1 is 1.09 bits per heavy atom. The van der Waals surface area contributed by atoms with Crippen LogP contribution < -0.4 is 5.32 Å². The molecule has 1 aliphatic carbocycles. The molecule has 2 N–H and O–H groups in total. The number of hydrogen-bond acceptors (Lipinski definition) is 4. The molecule has 3 aromatic carbocycles. The molecule has 2 atom stereocenters. The van der Waals surface area contributed by atoms with E-state index in [0.29, 0.717) is 12.0 Å². The van der Waals surface area contributed by atoms with Gasteiger partial charge in [0, 0.05) is 31.3 Å². The molecule has 0 radical (unpaired) electrons. The summed E-state index contributed by atoms with van der Waals surface area (Å²) in [4.78, 5) is 19.9. The zero-order valence-corrected chi connectivity index (χ0v) is 20.7. The van der Waals surface area contributed by atoms with Gasteiger partial charge in [-0.25, -0.2) is 4.99 Å². The lowest BCUT2D eigenvalue weighted by Crippen LogP contribution is -2.33. The fraction of sp³-hybridized carbons (Fsp3) is 0.286. The summed E-state index contributed by atoms with van der Waals surface area (Å²) < 4.78 is 0. The molecule has 0 aromatic heterocycles. The summed E-state index contributed by atoms with van der Waals surface area (Å²) >= 11 is 1.81. The summed E-state index contributed by atoms with van der Waals surface area (Å²) in [5, 5.41) is 13.7. The van der Waals surface area contributed by atoms with Gasteiger partial charge in [0.2, 0.25) is 0 Å². The van der Waals surface area contributed by atoms with Gasteiger partial charge < -0.3 is 15.3 Å². The number of aliphatic hydroxyl groups is 1. The molecule has 5 nitrogen and oxygen atoms in total. The number of rotatable bonds is 7. The van der Waals surface area contributed by atoms with E-state index in [2.05, 4.69) is 16.5 Å². The van der Waals surface area contributed by atoms with Gasteiger partial charge in [0.05, 0.1) is 17.8 Å². The van der Waals surface area contributed by atoms with Crippen molar-refractivity contribution in [2.24, 2.45) is 4.99 Å². The highest BCUT2D eigenvalue weighted by Gasteiger charge is 2.32. The number of aliphatic hydroxyl groups excluding tert-OH is 1. The molecule has 0 fully saturated rings. The van der Waals surface area contributed by atoms with Crippen LogP contribution in [0, 0.1) is 0 Å². The molecule has 0 saturated heterocycles. The molecule has 0 aliphatic heterocycles. The highest BCUT2D eigenvalue weighted by Crippen LogP contribution is 2.34. The van der Waals surface area contributed by atoms with Crippen molar-refractivity contribution in [3.63, 3.8) is 0 Å². The van der Waals surface area contributed by atoms with Gasteiger partial charge in [-0.1, -0.05) is 48.5 Å². The summed E-state index contributed by atoms with van der Waals surface area (Å²) in [5.41, 5.74) is 5.54. The minimum atomic E-state index is -0.660. The van der Waals surface area contributed by atoms with E-state index >= 15 is 0 Å². The Kier molecular flexibility index (Phi) is 7.70. The summed E-state index contributed by atoms with van der Waals surface area (Å²) in [6.07, 6.45) is 1.95. The van der Waals surface area contributed by atoms with Crippen LogP contribution in [0.4, 0.5) is 5.69 Å². The third-order valence-corrected chi connectivity index (χ3v) is 6.88. The van der Waals surface area contributed by atoms with Crippen molar-refractivity contribution in [3.05, 3.63) is 89.5 Å². The number of benzene rings is 3. The molecule has 1 aliphatic rings. The second-order valence-electron chi connectivity index (χ2n) is 8.62. The SMILES string of the molecule is CSCCN(C)C(C)=Nc1ccc2c(c1)[C@@H](NC(=O)c1ccc(-c3ccccc3)cc1)[C@H](O)C2. The lowest BCUT2D eigenvalue weighted by molar-refractivity contribution is 0.0858. The van der Waals surface area contributed by atoms with Crippen molar-refractivity contribution < 1.29 is 9.90 Å². The number of hydrogen-bond donors (Lipinski definition) is 2. The third-order valence-electron chi connectivity index (χ3n) is 6.29. The third kappa shape index (κ3) is 5.51. The van der Waals surface area contributed by atoms with E-state index in [4.69, 9.17) is 4.99 Å². The van der Waals surface area contributed by atoms with Crippen LogP contribution in [-0.4, -0.2) is 53.5 Å². The number of amides is 1. The van der Waals surface area contributed by atoms with Crippen LogP contribution in [0.2, 0.25) is 0 Å². The van der Waals surface area contributed by atoms with Crippen LogP contribution in [0.5, 0.6) is 0 Å². The number of nitrogens with one attached hydrogen (secondary N) is 1. The molecule has 6 heteroatoms. The standard InChI is InChI=1S/C28H31N3O2S/c1-19(31(2)15-16-34-3)29-24-14-13-23-17-26(32)27(25(23)18-24)30-28(33)22-11-9-21(10-12-22)20-7-5-4-6-8-20/h4-14,18,26-27,32H,15-17H2,1-3H3,(H,30,33)/t26-,27-/m1/s1. The van der Waals surface area contributed by atoms with Gasteiger partial charge in [0.1, 0.15) is 5.84 Å². The van der Waals surface area contributed by atoms with Crippen molar-refractivity contribution >= 4 is 29.2 Å². The molecule has 1 amide bonds. The predicted octanol–water partition coefficient (Wildman–Crippen LogP) is 5.09. The first-order valence-electron chi connectivity index (χ1n) is 11.5. The Bertz CT molecular complexity index is 1160. The Hall–Kier alpha value is -3.09. The van der Waals surface area contributed by atoms with Crippen LogP contribution in [0.3, 0.4) is 0 Å². The summed E-state index contributed by atoms with van der Waals surface area (Å²) in [5.74, 6) is 1.78. The minimum Gasteiger partial charge on any atom is -0.390 e. The first-order valence-corrected chi connectivity index (χ1v) is 12.9. The van der Waals surface area contributed by atoms with Crippen LogP contribution >= 0.6 is 11.8 Å². The average molecular weight is 474 g/mol. The smallest absolute Gasteiger partial charge is 0.251 e. The summed E-state index contributed by atoms with van der Waals surface area (Å²) in [6.45, 7) is 2.93. The zero-order valence-electron chi connectivity index (χ0n) is 19.9. The molecular weight excluding hydrogens is 442 g/mol. The minimum absolute atomic E-state index is 0.196. The molecule has 0 heterocycles. The van der Waals surface area contributed by atoms with Crippen LogP contribution in [0.25, 0.3) is 11.1 Å². The number of aliphatic imine (C=N–C) groups is 1. The average Bonchev–Trinajstić information content (AvgIpc) is 3.17. The number of amidine groups is 1. The van der Waals surface area contributed by atoms with Crippen LogP contribution in [-0.2, 0) is 6.42 Å². The Balaban J connectivity index is 1.49. The number of thioether (sulfide) groups is 1. The van der Waals surface area contributed by atoms with E-state index in [0.717, 1.165) is 46.1 Å². The maximum atomic E-state index is 13.0. The molecule has 176 valence electrons. The van der Waals surface area contributed by atoms with Crippen molar-refractivity contribution in [3.8, 4) is 11.1 Å². The van der Waals surface area contributed by atoms with Crippen molar-refractivity contribution in [2.45, 2.75) is 25.5 Å². The van der Waals surface area contributed by atoms with Gasteiger partial charge in [0.25, 0.3) is 5.91 Å². The molecule has 0 spiro atoms. The topological polar surface area (TPSA) is 64.9 Å². The number of fused-ring (bicyclic) bond motifs is 1. The molecule has 0 saturated carbocycles. The normalized spacial score (nSPS) is 17.4. The summed E-state index contributed by atoms with van der Waals surface area (Å²) in [6, 6.07) is 23.1. The van der Waals surface area contributed by atoms with E-state index in [1.807, 2.05) is 98.5 Å². The molecule has 0 bridgehead atoms. The van der Waals surface area contributed by atoms with Crippen molar-refractivity contribution in [1.29, 1.82) is 0 Å². The molecule has 3 aromatic rings. The predicted molar refractivity (Wildman–Crippen MR) is 142 cm³/mol. The molecule has 34 heavy (non-hydrogen) atoms. The summed E-state index contributed by atoms with van der Waals surface area (Å²) in [7, 11) is 2.04. The number of carbonyl (C=O) groups is 1. The lowest BCUT2D eigenvalue weighted by Gasteiger charge is -2.19. The Morgan fingerprint density at radius 3 is 2.50 bits per heavy atom. The Morgan fingerprint density at radius 2 is 1.79 bits per heavy atom. The maximum absolute atomic E-state index is 13.0. The second kappa shape index (κ2) is 10.9. The van der Waals surface area contributed by atoms with Crippen LogP contribution in [0.1, 0.15) is 34.5 Å². The van der Waals surface area contributed by atoms with Gasteiger partial charge >= 0.3 is 0 Å². The fourth-order valence-corrected chi connectivity index (χ4v) is 4.64. The van der Waals surface area contributed by atoms with Crippen LogP contribution in [0.15, 0.2) is 77.8 Å². The van der Waals surface area contributed by atoms with E-state index < -0.39 is 12.1 Å². The molecular formula is C28H31N3O2S. The van der Waals surface area contributed by atoms with Crippen molar-refractivity contribution in [1.82, 2.24) is 10.2 Å². The van der Waals surface area contributed by atoms with E-state index in [1.54, 1.807) is 0 Å². The number of carbonyl (C=O) groups excluding carboxylic acids is 1. The van der Waals surface area contributed by atoms with Gasteiger partial charge in [-0.3, -0.25) is 4.79 Å². The lowest BCUT2D eigenvalue weighted by atomic mass is 10.0. The van der Waals surface area contributed by atoms with Gasteiger partial charge in [-0.15, -0.1) is 0 Å². The highest BCUT2D eigenvalue weighted by atomic mass is 32.2. The van der Waals surface area contributed by atoms with E-state index in [-0.39, 0.29) is 5.91 Å². The first kappa shape index (κ1) is 24.0. The van der Waals surface area contributed by atoms with Crippen molar-refractivity contribution in [2.75, 3.05) is 25.6 Å². The van der Waals surface area contributed by atoms with E-state index in [9.17, 15) is 9.90 Å². The first-order chi connectivity index (χ1) is 16.5. The van der Waals surface area contributed by atoms with Gasteiger partial charge in [-0.2, -0.15) is 11.8 Å². The zero-order chi connectivity index (χ0) is 24.1. The quantitative estimate of drug-likeness (QED) is 0.371. The second-order valence-corrected chi connectivity index (χ2v) is 9.61.